The molecule has 1 amide bonds. The normalized spacial score (nSPS) is 22.7. The molecule has 9 heteroatoms. The van der Waals surface area contributed by atoms with Gasteiger partial charge in [-0.25, -0.2) is 4.98 Å². The van der Waals surface area contributed by atoms with Crippen molar-refractivity contribution in [2.45, 2.75) is 31.2 Å². The minimum Gasteiger partial charge on any atom is -0.366 e. The monoisotopic (exact) mass is 358 g/mol. The molecule has 2 aliphatic rings. The van der Waals surface area contributed by atoms with E-state index in [1.165, 1.54) is 6.07 Å². The smallest absolute Gasteiger partial charge is 0.366 e. The molecule has 1 atom stereocenters. The van der Waals surface area contributed by atoms with E-state index in [1.807, 2.05) is 4.90 Å². The van der Waals surface area contributed by atoms with Gasteiger partial charge >= 0.3 is 6.18 Å². The summed E-state index contributed by atoms with van der Waals surface area (Å²) in [6, 6.07) is 2.48. The number of halogens is 3. The van der Waals surface area contributed by atoms with Crippen molar-refractivity contribution < 1.29 is 22.7 Å². The number of amides is 1. The third-order valence-corrected chi connectivity index (χ3v) is 4.46. The molecule has 1 aromatic heterocycles. The molecule has 2 N–H and O–H groups in total. The predicted octanol–water partition coefficient (Wildman–Crippen LogP) is 1.17. The van der Waals surface area contributed by atoms with Gasteiger partial charge in [0.15, 0.2) is 0 Å². The molecular weight excluding hydrogens is 337 g/mol. The molecule has 6 nitrogen and oxygen atoms in total. The minimum absolute atomic E-state index is 0.0451. The van der Waals surface area contributed by atoms with Gasteiger partial charge < -0.3 is 20.3 Å². The molecule has 3 heterocycles. The number of alkyl halides is 3. The summed E-state index contributed by atoms with van der Waals surface area (Å²) in [5.74, 6) is 0.413. The van der Waals surface area contributed by atoms with E-state index in [9.17, 15) is 18.0 Å². The highest BCUT2D eigenvalue weighted by Gasteiger charge is 2.31. The van der Waals surface area contributed by atoms with Gasteiger partial charge in [-0.05, 0) is 25.0 Å². The van der Waals surface area contributed by atoms with Crippen LogP contribution >= 0.6 is 0 Å². The Morgan fingerprint density at radius 3 is 2.64 bits per heavy atom. The summed E-state index contributed by atoms with van der Waals surface area (Å²) in [4.78, 5) is 18.0. The lowest BCUT2D eigenvalue weighted by Gasteiger charge is -2.34. The summed E-state index contributed by atoms with van der Waals surface area (Å²) < 4.78 is 43.2. The van der Waals surface area contributed by atoms with Crippen molar-refractivity contribution in [3.05, 3.63) is 23.9 Å². The van der Waals surface area contributed by atoms with Crippen molar-refractivity contribution in [1.82, 2.24) is 15.6 Å². The molecule has 138 valence electrons. The summed E-state index contributed by atoms with van der Waals surface area (Å²) in [5.41, 5.74) is -0.750. The number of ether oxygens (including phenoxy) is 1. The van der Waals surface area contributed by atoms with Gasteiger partial charge in [-0.15, -0.1) is 0 Å². The Labute approximate surface area is 143 Å². The molecule has 0 bridgehead atoms. The Morgan fingerprint density at radius 2 is 2.08 bits per heavy atom. The lowest BCUT2D eigenvalue weighted by Crippen LogP contribution is -2.52. The van der Waals surface area contributed by atoms with Gasteiger partial charge in [-0.3, -0.25) is 4.79 Å². The first-order chi connectivity index (χ1) is 11.9. The van der Waals surface area contributed by atoms with Crippen LogP contribution in [0.1, 0.15) is 18.4 Å². The van der Waals surface area contributed by atoms with E-state index in [0.29, 0.717) is 44.9 Å². The highest BCUT2D eigenvalue weighted by molar-refractivity contribution is 5.81. The van der Waals surface area contributed by atoms with Gasteiger partial charge in [-0.1, -0.05) is 0 Å². The molecule has 3 rings (SSSR count). The average molecular weight is 358 g/mol. The van der Waals surface area contributed by atoms with Gasteiger partial charge in [0, 0.05) is 38.4 Å². The molecule has 1 aromatic rings. The summed E-state index contributed by atoms with van der Waals surface area (Å²) in [6.45, 7) is 3.05. The summed E-state index contributed by atoms with van der Waals surface area (Å²) in [6.07, 6.45) is -2.54. The van der Waals surface area contributed by atoms with Crippen LogP contribution in [0.2, 0.25) is 0 Å². The topological polar surface area (TPSA) is 66.5 Å². The number of aromatic nitrogens is 1. The molecule has 25 heavy (non-hydrogen) atoms. The van der Waals surface area contributed by atoms with Gasteiger partial charge in [0.1, 0.15) is 11.9 Å². The zero-order valence-electron chi connectivity index (χ0n) is 13.7. The maximum absolute atomic E-state index is 12.6. The van der Waals surface area contributed by atoms with Crippen LogP contribution in [-0.2, 0) is 15.7 Å². The molecular formula is C16H21F3N4O2. The lowest BCUT2D eigenvalue weighted by atomic mass is 10.0. The van der Waals surface area contributed by atoms with Gasteiger partial charge in [0.2, 0.25) is 0 Å². The number of anilines is 1. The van der Waals surface area contributed by atoms with Crippen LogP contribution in [0.3, 0.4) is 0 Å². The average Bonchev–Trinajstić information content (AvgIpc) is 2.62. The zero-order valence-corrected chi connectivity index (χ0v) is 13.7. The van der Waals surface area contributed by atoms with E-state index in [4.69, 9.17) is 4.74 Å². The van der Waals surface area contributed by atoms with E-state index in [2.05, 4.69) is 15.6 Å². The molecule has 2 saturated heterocycles. The zero-order chi connectivity index (χ0) is 17.9. The van der Waals surface area contributed by atoms with E-state index >= 15 is 0 Å². The van der Waals surface area contributed by atoms with Crippen molar-refractivity contribution >= 4 is 11.7 Å². The highest BCUT2D eigenvalue weighted by Crippen LogP contribution is 2.29. The van der Waals surface area contributed by atoms with Crippen LogP contribution in [-0.4, -0.2) is 55.8 Å². The van der Waals surface area contributed by atoms with Gasteiger partial charge in [0.25, 0.3) is 5.91 Å². The number of carbonyl (C=O) groups is 1. The SMILES string of the molecule is O=C(NC1CCN(c2ccc(C(F)(F)F)cn2)CC1)[C@H]1CNCCO1. The molecule has 2 fully saturated rings. The van der Waals surface area contributed by atoms with Crippen LogP contribution in [0.25, 0.3) is 0 Å². The Hall–Kier alpha value is -1.87. The first-order valence-corrected chi connectivity index (χ1v) is 8.34. The predicted molar refractivity (Wildman–Crippen MR) is 85.2 cm³/mol. The van der Waals surface area contributed by atoms with Gasteiger partial charge in [-0.2, -0.15) is 13.2 Å². The van der Waals surface area contributed by atoms with E-state index < -0.39 is 17.8 Å². The number of hydrogen-bond acceptors (Lipinski definition) is 5. The Morgan fingerprint density at radius 1 is 1.32 bits per heavy atom. The number of carbonyl (C=O) groups excluding carboxylic acids is 1. The van der Waals surface area contributed by atoms with E-state index in [-0.39, 0.29) is 11.9 Å². The Balaban J connectivity index is 1.49. The fourth-order valence-electron chi connectivity index (χ4n) is 3.02. The second kappa shape index (κ2) is 7.57. The summed E-state index contributed by atoms with van der Waals surface area (Å²) in [5, 5.41) is 6.10. The second-order valence-corrected chi connectivity index (χ2v) is 6.24. The molecule has 0 spiro atoms. The standard InChI is InChI=1S/C16H21F3N4O2/c17-16(18,19)11-1-2-14(21-9-11)23-6-3-12(4-7-23)22-15(24)13-10-20-5-8-25-13/h1-2,9,12-13,20H,3-8,10H2,(H,22,24)/t13-/m1/s1. The number of hydrogen-bond donors (Lipinski definition) is 2. The van der Waals surface area contributed by atoms with Crippen molar-refractivity contribution in [3.63, 3.8) is 0 Å². The van der Waals surface area contributed by atoms with Crippen LogP contribution in [0, 0.1) is 0 Å². The van der Waals surface area contributed by atoms with E-state index in [0.717, 1.165) is 18.8 Å². The third kappa shape index (κ3) is 4.60. The first kappa shape index (κ1) is 17.9. The lowest BCUT2D eigenvalue weighted by molar-refractivity contribution is -0.138. The maximum atomic E-state index is 12.6. The maximum Gasteiger partial charge on any atom is 0.417 e. The van der Waals surface area contributed by atoms with Crippen LogP contribution in [0.5, 0.6) is 0 Å². The molecule has 0 radical (unpaired) electrons. The second-order valence-electron chi connectivity index (χ2n) is 6.24. The number of morpholine rings is 1. The van der Waals surface area contributed by atoms with Crippen LogP contribution < -0.4 is 15.5 Å². The van der Waals surface area contributed by atoms with Crippen molar-refractivity contribution in [1.29, 1.82) is 0 Å². The van der Waals surface area contributed by atoms with Crippen LogP contribution in [0.15, 0.2) is 18.3 Å². The van der Waals surface area contributed by atoms with E-state index in [1.54, 1.807) is 0 Å². The largest absolute Gasteiger partial charge is 0.417 e. The molecule has 0 saturated carbocycles. The van der Waals surface area contributed by atoms with Crippen molar-refractivity contribution in [3.8, 4) is 0 Å². The Kier molecular flexibility index (Phi) is 5.43. The number of nitrogens with zero attached hydrogens (tertiary/aromatic N) is 2. The summed E-state index contributed by atoms with van der Waals surface area (Å²) >= 11 is 0. The third-order valence-electron chi connectivity index (χ3n) is 4.46. The molecule has 0 aromatic carbocycles. The van der Waals surface area contributed by atoms with Gasteiger partial charge in [0.05, 0.1) is 12.2 Å². The molecule has 0 aliphatic carbocycles. The quantitative estimate of drug-likeness (QED) is 0.849. The number of nitrogens with one attached hydrogen (secondary N) is 2. The van der Waals surface area contributed by atoms with Crippen molar-refractivity contribution in [2.75, 3.05) is 37.7 Å². The van der Waals surface area contributed by atoms with Crippen LogP contribution in [0.4, 0.5) is 19.0 Å². The highest BCUT2D eigenvalue weighted by atomic mass is 19.4. The minimum atomic E-state index is -4.38. The number of piperidine rings is 1. The molecule has 0 unspecified atom stereocenters. The molecule has 2 aliphatic heterocycles. The number of pyridine rings is 1. The first-order valence-electron chi connectivity index (χ1n) is 8.34. The Bertz CT molecular complexity index is 580. The summed E-state index contributed by atoms with van der Waals surface area (Å²) in [7, 11) is 0. The fraction of sp³-hybridized carbons (Fsp3) is 0.625. The van der Waals surface area contributed by atoms with Crippen molar-refractivity contribution in [2.24, 2.45) is 0 Å². The fourth-order valence-corrected chi connectivity index (χ4v) is 3.02. The number of rotatable bonds is 3.